The zero-order chi connectivity index (χ0) is 13.7. The van der Waals surface area contributed by atoms with Crippen molar-refractivity contribution in [2.24, 2.45) is 10.9 Å². The molecule has 102 valence electrons. The van der Waals surface area contributed by atoms with Gasteiger partial charge in [0.1, 0.15) is 5.84 Å². The summed E-state index contributed by atoms with van der Waals surface area (Å²) in [5.74, 6) is 1.29. The van der Waals surface area contributed by atoms with Crippen LogP contribution in [-0.2, 0) is 4.79 Å². The second-order valence-electron chi connectivity index (χ2n) is 5.20. The Kier molecular flexibility index (Phi) is 4.55. The van der Waals surface area contributed by atoms with Crippen LogP contribution < -0.4 is 10.6 Å². The fourth-order valence-electron chi connectivity index (χ4n) is 2.08. The third kappa shape index (κ3) is 3.81. The summed E-state index contributed by atoms with van der Waals surface area (Å²) in [6.45, 7) is 5.86. The zero-order valence-electron chi connectivity index (χ0n) is 11.6. The minimum atomic E-state index is 0.0545. The monoisotopic (exact) mass is 259 g/mol. The average Bonchev–Trinajstić information content (AvgIpc) is 2.39. The van der Waals surface area contributed by atoms with E-state index in [9.17, 15) is 4.79 Å². The molecule has 1 aromatic carbocycles. The summed E-state index contributed by atoms with van der Waals surface area (Å²) in [4.78, 5) is 16.4. The quantitative estimate of drug-likeness (QED) is 0.872. The maximum atomic E-state index is 11.9. The number of nitrogens with one attached hydrogen (secondary N) is 2. The van der Waals surface area contributed by atoms with E-state index in [1.165, 1.54) is 0 Å². The first-order valence-electron chi connectivity index (χ1n) is 6.84. The fourth-order valence-corrected chi connectivity index (χ4v) is 2.08. The molecule has 1 aliphatic heterocycles. The lowest BCUT2D eigenvalue weighted by molar-refractivity contribution is -0.116. The maximum Gasteiger partial charge on any atom is 0.224 e. The second-order valence-corrected chi connectivity index (χ2v) is 5.20. The smallest absolute Gasteiger partial charge is 0.224 e. The predicted molar refractivity (Wildman–Crippen MR) is 78.6 cm³/mol. The highest BCUT2D eigenvalue weighted by atomic mass is 16.1. The van der Waals surface area contributed by atoms with Crippen molar-refractivity contribution >= 4 is 17.4 Å². The SMILES string of the molecule is CC(C)CC(=O)Nc1ccccc1C1=NCCCN1. The lowest BCUT2D eigenvalue weighted by Gasteiger charge is -2.18. The number of anilines is 1. The average molecular weight is 259 g/mol. The van der Waals surface area contributed by atoms with Crippen LogP contribution in [0.5, 0.6) is 0 Å². The molecule has 0 fully saturated rings. The molecular formula is C15H21N3O. The number of amidine groups is 1. The first-order valence-corrected chi connectivity index (χ1v) is 6.84. The molecule has 1 heterocycles. The van der Waals surface area contributed by atoms with Gasteiger partial charge in [0.05, 0.1) is 5.69 Å². The number of hydrogen-bond donors (Lipinski definition) is 2. The summed E-state index contributed by atoms with van der Waals surface area (Å²) in [6, 6.07) is 7.80. The number of para-hydroxylation sites is 1. The number of rotatable bonds is 4. The Morgan fingerprint density at radius 2 is 2.21 bits per heavy atom. The summed E-state index contributed by atoms with van der Waals surface area (Å²) in [5.41, 5.74) is 1.81. The zero-order valence-corrected chi connectivity index (χ0v) is 11.6. The second kappa shape index (κ2) is 6.36. The van der Waals surface area contributed by atoms with Gasteiger partial charge < -0.3 is 10.6 Å². The van der Waals surface area contributed by atoms with Gasteiger partial charge in [-0.2, -0.15) is 0 Å². The van der Waals surface area contributed by atoms with Crippen molar-refractivity contribution in [2.45, 2.75) is 26.7 Å². The molecule has 0 aliphatic carbocycles. The minimum Gasteiger partial charge on any atom is -0.370 e. The van der Waals surface area contributed by atoms with Gasteiger partial charge >= 0.3 is 0 Å². The Morgan fingerprint density at radius 3 is 2.89 bits per heavy atom. The van der Waals surface area contributed by atoms with Crippen LogP contribution in [0.3, 0.4) is 0 Å². The summed E-state index contributed by atoms with van der Waals surface area (Å²) in [6.07, 6.45) is 1.60. The van der Waals surface area contributed by atoms with Crippen molar-refractivity contribution in [3.8, 4) is 0 Å². The van der Waals surface area contributed by atoms with E-state index in [4.69, 9.17) is 0 Å². The topological polar surface area (TPSA) is 53.5 Å². The van der Waals surface area contributed by atoms with Crippen molar-refractivity contribution in [3.05, 3.63) is 29.8 Å². The van der Waals surface area contributed by atoms with Gasteiger partial charge in [0, 0.05) is 25.1 Å². The van der Waals surface area contributed by atoms with Crippen LogP contribution in [0.15, 0.2) is 29.3 Å². The van der Waals surface area contributed by atoms with Crippen LogP contribution in [0.2, 0.25) is 0 Å². The van der Waals surface area contributed by atoms with E-state index in [1.54, 1.807) is 0 Å². The molecule has 1 aliphatic rings. The molecule has 19 heavy (non-hydrogen) atoms. The Morgan fingerprint density at radius 1 is 1.42 bits per heavy atom. The van der Waals surface area contributed by atoms with Crippen LogP contribution >= 0.6 is 0 Å². The highest BCUT2D eigenvalue weighted by Gasteiger charge is 2.13. The molecule has 0 saturated carbocycles. The van der Waals surface area contributed by atoms with Gasteiger partial charge in [0.2, 0.25) is 5.91 Å². The van der Waals surface area contributed by atoms with Crippen LogP contribution in [0.25, 0.3) is 0 Å². The number of aliphatic imine (C=N–C) groups is 1. The fraction of sp³-hybridized carbons (Fsp3) is 0.467. The normalized spacial score (nSPS) is 14.8. The highest BCUT2D eigenvalue weighted by Crippen LogP contribution is 2.17. The summed E-state index contributed by atoms with van der Waals surface area (Å²) >= 11 is 0. The minimum absolute atomic E-state index is 0.0545. The molecule has 4 nitrogen and oxygen atoms in total. The largest absolute Gasteiger partial charge is 0.370 e. The summed E-state index contributed by atoms with van der Waals surface area (Å²) < 4.78 is 0. The molecule has 0 saturated heterocycles. The van der Waals surface area contributed by atoms with Gasteiger partial charge in [-0.3, -0.25) is 9.79 Å². The van der Waals surface area contributed by atoms with Crippen LogP contribution in [0.4, 0.5) is 5.69 Å². The lowest BCUT2D eigenvalue weighted by atomic mass is 10.1. The lowest BCUT2D eigenvalue weighted by Crippen LogP contribution is -2.31. The van der Waals surface area contributed by atoms with Gasteiger partial charge in [0.15, 0.2) is 0 Å². The van der Waals surface area contributed by atoms with Gasteiger partial charge in [-0.25, -0.2) is 0 Å². The van der Waals surface area contributed by atoms with Gasteiger partial charge in [0.25, 0.3) is 0 Å². The van der Waals surface area contributed by atoms with Crippen LogP contribution in [-0.4, -0.2) is 24.8 Å². The molecule has 0 bridgehead atoms. The number of hydrogen-bond acceptors (Lipinski definition) is 3. The van der Waals surface area contributed by atoms with Crippen molar-refractivity contribution < 1.29 is 4.79 Å². The van der Waals surface area contributed by atoms with E-state index in [2.05, 4.69) is 15.6 Å². The summed E-state index contributed by atoms with van der Waals surface area (Å²) in [7, 11) is 0. The third-order valence-electron chi connectivity index (χ3n) is 2.95. The molecule has 1 amide bonds. The van der Waals surface area contributed by atoms with Gasteiger partial charge in [-0.05, 0) is 24.5 Å². The molecule has 0 radical (unpaired) electrons. The number of amides is 1. The van der Waals surface area contributed by atoms with Gasteiger partial charge in [-0.1, -0.05) is 26.0 Å². The van der Waals surface area contributed by atoms with Crippen LogP contribution in [0.1, 0.15) is 32.3 Å². The van der Waals surface area contributed by atoms with E-state index in [0.29, 0.717) is 12.3 Å². The Bertz CT molecular complexity index is 480. The van der Waals surface area contributed by atoms with Crippen molar-refractivity contribution in [3.63, 3.8) is 0 Å². The Labute approximate surface area is 114 Å². The number of carbonyl (C=O) groups excluding carboxylic acids is 1. The number of benzene rings is 1. The van der Waals surface area contributed by atoms with E-state index in [0.717, 1.165) is 36.6 Å². The Balaban J connectivity index is 2.16. The molecule has 0 atom stereocenters. The molecule has 1 aromatic rings. The van der Waals surface area contributed by atoms with Crippen molar-refractivity contribution in [1.82, 2.24) is 5.32 Å². The first kappa shape index (κ1) is 13.6. The Hall–Kier alpha value is -1.84. The van der Waals surface area contributed by atoms with Crippen LogP contribution in [0, 0.1) is 5.92 Å². The molecule has 2 rings (SSSR count). The number of nitrogens with zero attached hydrogens (tertiary/aromatic N) is 1. The molecule has 4 heteroatoms. The van der Waals surface area contributed by atoms with Gasteiger partial charge in [-0.15, -0.1) is 0 Å². The number of carbonyl (C=O) groups is 1. The molecule has 0 unspecified atom stereocenters. The highest BCUT2D eigenvalue weighted by molar-refractivity contribution is 6.06. The summed E-state index contributed by atoms with van der Waals surface area (Å²) in [5, 5.41) is 6.27. The molecular weight excluding hydrogens is 238 g/mol. The molecule has 2 N–H and O–H groups in total. The van der Waals surface area contributed by atoms with E-state index >= 15 is 0 Å². The molecule has 0 aromatic heterocycles. The standard InChI is InChI=1S/C15H21N3O/c1-11(2)10-14(19)18-13-7-4-3-6-12(13)15-16-8-5-9-17-15/h3-4,6-7,11H,5,8-10H2,1-2H3,(H,16,17)(H,18,19). The van der Waals surface area contributed by atoms with Crippen molar-refractivity contribution in [2.75, 3.05) is 18.4 Å². The van der Waals surface area contributed by atoms with E-state index < -0.39 is 0 Å². The third-order valence-corrected chi connectivity index (χ3v) is 2.95. The first-order chi connectivity index (χ1) is 9.16. The van der Waals surface area contributed by atoms with E-state index in [-0.39, 0.29) is 5.91 Å². The van der Waals surface area contributed by atoms with Crippen molar-refractivity contribution in [1.29, 1.82) is 0 Å². The maximum absolute atomic E-state index is 11.9. The predicted octanol–water partition coefficient (Wildman–Crippen LogP) is 2.41. The van der Waals surface area contributed by atoms with E-state index in [1.807, 2.05) is 38.1 Å². The molecule has 0 spiro atoms.